The van der Waals surface area contributed by atoms with Crippen LogP contribution in [0.15, 0.2) is 0 Å². The van der Waals surface area contributed by atoms with Gasteiger partial charge in [0.05, 0.1) is 10.7 Å². The Balaban J connectivity index is 0.00000196. The van der Waals surface area contributed by atoms with Crippen LogP contribution in [-0.2, 0) is 4.79 Å². The molecule has 0 aromatic heterocycles. The van der Waals surface area contributed by atoms with E-state index in [4.69, 9.17) is 28.3 Å². The average Bonchev–Trinajstić information content (AvgIpc) is 2.49. The van der Waals surface area contributed by atoms with Crippen molar-refractivity contribution in [3.63, 3.8) is 0 Å². The molecule has 0 saturated heterocycles. The van der Waals surface area contributed by atoms with E-state index in [-0.39, 0.29) is 34.5 Å². The zero-order valence-corrected chi connectivity index (χ0v) is 13.5. The molecule has 15 heavy (non-hydrogen) atoms. The third-order valence-corrected chi connectivity index (χ3v) is 6.17. The standard InChI is InChI=1S/C8H10Br2Cl2O2.ClH/c1-7(2)3(4(7)6(13)14)5(9)8(10,11)12;/h3-5H,1-2H3,(H,13,14);1H. The van der Waals surface area contributed by atoms with Gasteiger partial charge in [0, 0.05) is 0 Å². The number of rotatable bonds is 3. The molecule has 0 aromatic rings. The Hall–Kier alpha value is 1.30. The molecule has 1 N–H and O–H groups in total. The quantitative estimate of drug-likeness (QED) is 0.720. The van der Waals surface area contributed by atoms with Crippen LogP contribution >= 0.6 is 67.5 Å². The van der Waals surface area contributed by atoms with Crippen LogP contribution in [0.4, 0.5) is 0 Å². The van der Waals surface area contributed by atoms with Crippen molar-refractivity contribution in [3.05, 3.63) is 0 Å². The highest BCUT2D eigenvalue weighted by atomic mass is 79.9. The molecule has 2 nitrogen and oxygen atoms in total. The van der Waals surface area contributed by atoms with E-state index in [1.165, 1.54) is 0 Å². The Morgan fingerprint density at radius 3 is 2.13 bits per heavy atom. The second kappa shape index (κ2) is 4.89. The summed E-state index contributed by atoms with van der Waals surface area (Å²) in [5, 5.41) is 8.95. The Kier molecular flexibility index (Phi) is 5.31. The molecule has 1 fully saturated rings. The Labute approximate surface area is 122 Å². The second-order valence-electron chi connectivity index (χ2n) is 4.11. The van der Waals surface area contributed by atoms with Gasteiger partial charge in [-0.2, -0.15) is 0 Å². The molecule has 1 aliphatic carbocycles. The number of hydrogen-bond donors (Lipinski definition) is 1. The van der Waals surface area contributed by atoms with Crippen molar-refractivity contribution in [1.82, 2.24) is 0 Å². The molecule has 0 heterocycles. The lowest BCUT2D eigenvalue weighted by molar-refractivity contribution is -0.139. The molecule has 1 saturated carbocycles. The summed E-state index contributed by atoms with van der Waals surface area (Å²) in [4.78, 5) is 10.6. The summed E-state index contributed by atoms with van der Waals surface area (Å²) in [6.45, 7) is 3.80. The van der Waals surface area contributed by atoms with Crippen molar-refractivity contribution in [1.29, 1.82) is 0 Å². The van der Waals surface area contributed by atoms with Crippen molar-refractivity contribution in [2.45, 2.75) is 21.9 Å². The average molecular weight is 405 g/mol. The highest BCUT2D eigenvalue weighted by Gasteiger charge is 2.67. The fraction of sp³-hybridized carbons (Fsp3) is 0.875. The Morgan fingerprint density at radius 1 is 1.53 bits per heavy atom. The van der Waals surface area contributed by atoms with Gasteiger partial charge in [-0.15, -0.1) is 12.4 Å². The molecular weight excluding hydrogens is 394 g/mol. The molecule has 90 valence electrons. The van der Waals surface area contributed by atoms with Gasteiger partial charge in [0.1, 0.15) is 0 Å². The zero-order valence-electron chi connectivity index (χ0n) is 8.01. The monoisotopic (exact) mass is 402 g/mol. The van der Waals surface area contributed by atoms with E-state index < -0.39 is 9.21 Å². The van der Waals surface area contributed by atoms with Crippen molar-refractivity contribution in [2.75, 3.05) is 0 Å². The summed E-state index contributed by atoms with van der Waals surface area (Å²) in [7, 11) is 0. The highest BCUT2D eigenvalue weighted by Crippen LogP contribution is 2.64. The normalized spacial score (nSPS) is 30.3. The van der Waals surface area contributed by atoms with Crippen LogP contribution < -0.4 is 0 Å². The molecule has 0 aromatic carbocycles. The molecular formula is C8H11Br2Cl3O2. The van der Waals surface area contributed by atoms with Gasteiger partial charge in [-0.25, -0.2) is 0 Å². The van der Waals surface area contributed by atoms with Crippen LogP contribution in [0.2, 0.25) is 0 Å². The lowest BCUT2D eigenvalue weighted by atomic mass is 10.1. The van der Waals surface area contributed by atoms with Gasteiger partial charge in [0.15, 0.2) is 3.24 Å². The molecule has 0 aliphatic heterocycles. The summed E-state index contributed by atoms with van der Waals surface area (Å²) in [6, 6.07) is 0. The van der Waals surface area contributed by atoms with Gasteiger partial charge < -0.3 is 5.11 Å². The van der Waals surface area contributed by atoms with Crippen LogP contribution in [0, 0.1) is 17.3 Å². The van der Waals surface area contributed by atoms with Gasteiger partial charge in [0.2, 0.25) is 0 Å². The fourth-order valence-corrected chi connectivity index (χ4v) is 3.44. The zero-order chi connectivity index (χ0) is 11.3. The Morgan fingerprint density at radius 2 is 1.93 bits per heavy atom. The number of carbonyl (C=O) groups is 1. The van der Waals surface area contributed by atoms with E-state index >= 15 is 0 Å². The van der Waals surface area contributed by atoms with Crippen LogP contribution in [-0.4, -0.2) is 19.1 Å². The van der Waals surface area contributed by atoms with Crippen molar-refractivity contribution >= 4 is 73.4 Å². The van der Waals surface area contributed by atoms with E-state index in [0.717, 1.165) is 0 Å². The minimum atomic E-state index is -1.13. The maximum Gasteiger partial charge on any atom is 0.307 e. The van der Waals surface area contributed by atoms with E-state index in [9.17, 15) is 4.79 Å². The Bertz CT molecular complexity index is 265. The first-order chi connectivity index (χ1) is 6.10. The van der Waals surface area contributed by atoms with Crippen molar-refractivity contribution < 1.29 is 9.90 Å². The first kappa shape index (κ1) is 16.3. The van der Waals surface area contributed by atoms with Gasteiger partial charge >= 0.3 is 5.97 Å². The van der Waals surface area contributed by atoms with E-state index in [2.05, 4.69) is 31.9 Å². The van der Waals surface area contributed by atoms with Crippen LogP contribution in [0.3, 0.4) is 0 Å². The first-order valence-electron chi connectivity index (χ1n) is 4.03. The van der Waals surface area contributed by atoms with Crippen molar-refractivity contribution in [3.8, 4) is 0 Å². The maximum absolute atomic E-state index is 10.9. The summed E-state index contributed by atoms with van der Waals surface area (Å²) in [5.41, 5.74) is -0.261. The maximum atomic E-state index is 10.9. The number of carboxylic acid groups (broad SMARTS) is 1. The molecule has 3 atom stereocenters. The fourth-order valence-electron chi connectivity index (χ4n) is 1.90. The summed E-state index contributed by atoms with van der Waals surface area (Å²) < 4.78 is -1.13. The molecule has 0 spiro atoms. The van der Waals surface area contributed by atoms with Gasteiger partial charge in [0.25, 0.3) is 0 Å². The highest BCUT2D eigenvalue weighted by molar-refractivity contribution is 9.13. The number of hydrogen-bond acceptors (Lipinski definition) is 1. The topological polar surface area (TPSA) is 37.3 Å². The van der Waals surface area contributed by atoms with Gasteiger partial charge in [-0.1, -0.05) is 53.0 Å². The van der Waals surface area contributed by atoms with Crippen LogP contribution in [0.1, 0.15) is 13.8 Å². The molecule has 0 radical (unpaired) electrons. The molecule has 1 rings (SSSR count). The number of alkyl halides is 4. The third-order valence-electron chi connectivity index (χ3n) is 2.80. The molecule has 1 aliphatic rings. The van der Waals surface area contributed by atoms with Crippen molar-refractivity contribution in [2.24, 2.45) is 17.3 Å². The largest absolute Gasteiger partial charge is 0.481 e. The van der Waals surface area contributed by atoms with E-state index in [1.54, 1.807) is 0 Å². The SMILES string of the molecule is CC1(C)C(C(=O)O)C1C(Br)C(Cl)(Cl)Br.Cl. The predicted octanol–water partition coefficient (Wildman–Crippen LogP) is 4.05. The second-order valence-corrected chi connectivity index (χ2v) is 8.64. The predicted molar refractivity (Wildman–Crippen MR) is 71.7 cm³/mol. The first-order valence-corrected chi connectivity index (χ1v) is 6.50. The van der Waals surface area contributed by atoms with E-state index in [1.807, 2.05) is 13.8 Å². The molecule has 3 unspecified atom stereocenters. The third kappa shape index (κ3) is 3.15. The lowest BCUT2D eigenvalue weighted by Crippen LogP contribution is -2.23. The summed E-state index contributed by atoms with van der Waals surface area (Å²) >= 11 is 18.2. The number of carboxylic acids is 1. The smallest absolute Gasteiger partial charge is 0.307 e. The summed E-state index contributed by atoms with van der Waals surface area (Å²) in [6.07, 6.45) is 0. The van der Waals surface area contributed by atoms with Crippen LogP contribution in [0.5, 0.6) is 0 Å². The number of halogens is 5. The van der Waals surface area contributed by atoms with Crippen LogP contribution in [0.25, 0.3) is 0 Å². The van der Waals surface area contributed by atoms with E-state index in [0.29, 0.717) is 0 Å². The van der Waals surface area contributed by atoms with Gasteiger partial charge in [-0.3, -0.25) is 4.79 Å². The molecule has 0 bridgehead atoms. The minimum Gasteiger partial charge on any atom is -0.481 e. The summed E-state index contributed by atoms with van der Waals surface area (Å²) in [5.74, 6) is -1.25. The van der Waals surface area contributed by atoms with Gasteiger partial charge in [-0.05, 0) is 27.3 Å². The lowest BCUT2D eigenvalue weighted by Gasteiger charge is -2.19. The number of aliphatic carboxylic acids is 1. The molecule has 0 amide bonds. The minimum absolute atomic E-state index is 0. The molecule has 7 heteroatoms.